The molecule has 1 unspecified atom stereocenters. The molecule has 18 heavy (non-hydrogen) atoms. The summed E-state index contributed by atoms with van der Waals surface area (Å²) in [6, 6.07) is 8.17. The second kappa shape index (κ2) is 8.00. The van der Waals surface area contributed by atoms with Crippen molar-refractivity contribution in [3.63, 3.8) is 0 Å². The van der Waals surface area contributed by atoms with Gasteiger partial charge in [-0.25, -0.2) is 0 Å². The van der Waals surface area contributed by atoms with Crippen LogP contribution in [0.2, 0.25) is 0 Å². The zero-order valence-electron chi connectivity index (χ0n) is 10.8. The van der Waals surface area contributed by atoms with Crippen LogP contribution >= 0.6 is 11.8 Å². The molecule has 4 nitrogen and oxygen atoms in total. The Morgan fingerprint density at radius 3 is 2.83 bits per heavy atom. The van der Waals surface area contributed by atoms with Crippen LogP contribution in [-0.4, -0.2) is 31.4 Å². The van der Waals surface area contributed by atoms with Gasteiger partial charge < -0.3 is 15.8 Å². The summed E-state index contributed by atoms with van der Waals surface area (Å²) in [7, 11) is 1.69. The number of rotatable bonds is 8. The number of anilines is 1. The van der Waals surface area contributed by atoms with Crippen LogP contribution in [0, 0.1) is 0 Å². The van der Waals surface area contributed by atoms with Gasteiger partial charge in [-0.15, -0.1) is 11.8 Å². The molecular weight excluding hydrogens is 248 g/mol. The zero-order valence-corrected chi connectivity index (χ0v) is 11.6. The van der Waals surface area contributed by atoms with E-state index in [1.807, 2.05) is 24.3 Å². The predicted molar refractivity (Wildman–Crippen MR) is 75.9 cm³/mol. The standard InChI is InChI=1S/C13H20N2O2S/c1-3-10(8-17-2)15-11-6-4-5-7-12(11)18-9-13(14)16/h4-7,10,15H,3,8-9H2,1-2H3,(H2,14,16). The molecule has 0 saturated carbocycles. The summed E-state index contributed by atoms with van der Waals surface area (Å²) in [5, 5.41) is 3.42. The van der Waals surface area contributed by atoms with Crippen LogP contribution in [0.1, 0.15) is 13.3 Å². The number of hydrogen-bond donors (Lipinski definition) is 2. The maximum Gasteiger partial charge on any atom is 0.227 e. The first-order valence-electron chi connectivity index (χ1n) is 5.93. The van der Waals surface area contributed by atoms with Gasteiger partial charge in [-0.05, 0) is 18.6 Å². The SMILES string of the molecule is CCC(COC)Nc1ccccc1SCC(N)=O. The molecule has 1 rings (SSSR count). The normalized spacial score (nSPS) is 12.1. The van der Waals surface area contributed by atoms with Crippen LogP contribution in [-0.2, 0) is 9.53 Å². The van der Waals surface area contributed by atoms with Gasteiger partial charge in [0.2, 0.25) is 5.91 Å². The molecule has 0 heterocycles. The lowest BCUT2D eigenvalue weighted by atomic mass is 10.2. The van der Waals surface area contributed by atoms with Crippen molar-refractivity contribution in [3.05, 3.63) is 24.3 Å². The highest BCUT2D eigenvalue weighted by molar-refractivity contribution is 8.00. The number of para-hydroxylation sites is 1. The maximum absolute atomic E-state index is 10.8. The zero-order chi connectivity index (χ0) is 13.4. The van der Waals surface area contributed by atoms with E-state index in [0.717, 1.165) is 17.0 Å². The number of benzene rings is 1. The molecular formula is C13H20N2O2S. The molecule has 0 aromatic heterocycles. The Bertz CT molecular complexity index is 385. The molecule has 0 bridgehead atoms. The number of methoxy groups -OCH3 is 1. The number of ether oxygens (including phenoxy) is 1. The number of nitrogens with one attached hydrogen (secondary N) is 1. The highest BCUT2D eigenvalue weighted by Crippen LogP contribution is 2.27. The fourth-order valence-corrected chi connectivity index (χ4v) is 2.30. The summed E-state index contributed by atoms with van der Waals surface area (Å²) in [6.45, 7) is 2.77. The van der Waals surface area contributed by atoms with Gasteiger partial charge in [-0.3, -0.25) is 4.79 Å². The van der Waals surface area contributed by atoms with Crippen molar-refractivity contribution in [3.8, 4) is 0 Å². The summed E-state index contributed by atoms with van der Waals surface area (Å²) in [5.74, 6) is -0.0153. The van der Waals surface area contributed by atoms with Gasteiger partial charge in [0.05, 0.1) is 12.4 Å². The van der Waals surface area contributed by atoms with Gasteiger partial charge in [0.1, 0.15) is 0 Å². The van der Waals surface area contributed by atoms with E-state index in [1.54, 1.807) is 7.11 Å². The van der Waals surface area contributed by atoms with E-state index in [9.17, 15) is 4.79 Å². The molecule has 0 fully saturated rings. The summed E-state index contributed by atoms with van der Waals surface area (Å²) < 4.78 is 5.16. The Kier molecular flexibility index (Phi) is 6.60. The number of carbonyl (C=O) groups excluding carboxylic acids is 1. The van der Waals surface area contributed by atoms with Crippen molar-refractivity contribution in [2.75, 3.05) is 24.8 Å². The topological polar surface area (TPSA) is 64.3 Å². The van der Waals surface area contributed by atoms with E-state index in [0.29, 0.717) is 12.4 Å². The van der Waals surface area contributed by atoms with Crippen molar-refractivity contribution in [1.82, 2.24) is 0 Å². The van der Waals surface area contributed by atoms with Gasteiger partial charge in [0.25, 0.3) is 0 Å². The Hall–Kier alpha value is -1.20. The van der Waals surface area contributed by atoms with E-state index in [1.165, 1.54) is 11.8 Å². The Morgan fingerprint density at radius 1 is 1.50 bits per heavy atom. The monoisotopic (exact) mass is 268 g/mol. The van der Waals surface area contributed by atoms with Gasteiger partial charge in [-0.1, -0.05) is 19.1 Å². The van der Waals surface area contributed by atoms with Crippen LogP contribution in [0.15, 0.2) is 29.2 Å². The summed E-state index contributed by atoms with van der Waals surface area (Å²) >= 11 is 1.45. The smallest absolute Gasteiger partial charge is 0.227 e. The Balaban J connectivity index is 2.71. The number of hydrogen-bond acceptors (Lipinski definition) is 4. The minimum Gasteiger partial charge on any atom is -0.383 e. The average molecular weight is 268 g/mol. The van der Waals surface area contributed by atoms with Crippen molar-refractivity contribution < 1.29 is 9.53 Å². The number of nitrogens with two attached hydrogens (primary N) is 1. The minimum atomic E-state index is -0.307. The molecule has 1 aromatic rings. The van der Waals surface area contributed by atoms with E-state index < -0.39 is 0 Å². The van der Waals surface area contributed by atoms with Crippen molar-refractivity contribution in [2.24, 2.45) is 5.73 Å². The largest absolute Gasteiger partial charge is 0.383 e. The van der Waals surface area contributed by atoms with E-state index in [-0.39, 0.29) is 11.9 Å². The third kappa shape index (κ3) is 4.98. The molecule has 0 radical (unpaired) electrons. The third-order valence-electron chi connectivity index (χ3n) is 2.48. The van der Waals surface area contributed by atoms with Gasteiger partial charge in [-0.2, -0.15) is 0 Å². The number of thioether (sulfide) groups is 1. The predicted octanol–water partition coefficient (Wildman–Crippen LogP) is 2.10. The second-order valence-corrected chi connectivity index (χ2v) is 4.97. The fraction of sp³-hybridized carbons (Fsp3) is 0.462. The molecule has 5 heteroatoms. The van der Waals surface area contributed by atoms with Crippen LogP contribution in [0.4, 0.5) is 5.69 Å². The lowest BCUT2D eigenvalue weighted by Gasteiger charge is -2.19. The maximum atomic E-state index is 10.8. The molecule has 0 aliphatic heterocycles. The molecule has 100 valence electrons. The molecule has 0 spiro atoms. The van der Waals surface area contributed by atoms with E-state index in [2.05, 4.69) is 12.2 Å². The van der Waals surface area contributed by atoms with Crippen LogP contribution in [0.5, 0.6) is 0 Å². The second-order valence-electron chi connectivity index (χ2n) is 3.96. The first-order chi connectivity index (χ1) is 8.67. The quantitative estimate of drug-likeness (QED) is 0.709. The fourth-order valence-electron chi connectivity index (χ4n) is 1.54. The first kappa shape index (κ1) is 14.9. The van der Waals surface area contributed by atoms with Crippen LogP contribution < -0.4 is 11.1 Å². The summed E-state index contributed by atoms with van der Waals surface area (Å²) in [6.07, 6.45) is 0.975. The van der Waals surface area contributed by atoms with E-state index >= 15 is 0 Å². The average Bonchev–Trinajstić information content (AvgIpc) is 2.37. The Labute approximate surface area is 112 Å². The molecule has 1 atom stereocenters. The number of carbonyl (C=O) groups is 1. The van der Waals surface area contributed by atoms with Gasteiger partial charge in [0.15, 0.2) is 0 Å². The van der Waals surface area contributed by atoms with Crippen LogP contribution in [0.3, 0.4) is 0 Å². The van der Waals surface area contributed by atoms with Crippen molar-refractivity contribution in [1.29, 1.82) is 0 Å². The Morgan fingerprint density at radius 2 is 2.22 bits per heavy atom. The first-order valence-corrected chi connectivity index (χ1v) is 6.91. The highest BCUT2D eigenvalue weighted by Gasteiger charge is 2.09. The highest BCUT2D eigenvalue weighted by atomic mass is 32.2. The van der Waals surface area contributed by atoms with Crippen LogP contribution in [0.25, 0.3) is 0 Å². The molecule has 1 aromatic carbocycles. The third-order valence-corrected chi connectivity index (χ3v) is 3.57. The number of primary amides is 1. The van der Waals surface area contributed by atoms with Crippen molar-refractivity contribution in [2.45, 2.75) is 24.3 Å². The van der Waals surface area contributed by atoms with E-state index in [4.69, 9.17) is 10.5 Å². The molecule has 3 N–H and O–H groups in total. The van der Waals surface area contributed by atoms with Crippen molar-refractivity contribution >= 4 is 23.4 Å². The number of amides is 1. The lowest BCUT2D eigenvalue weighted by molar-refractivity contribution is -0.115. The van der Waals surface area contributed by atoms with Gasteiger partial charge in [0, 0.05) is 23.7 Å². The molecule has 1 amide bonds. The minimum absolute atomic E-state index is 0.269. The molecule has 0 aliphatic rings. The van der Waals surface area contributed by atoms with Gasteiger partial charge >= 0.3 is 0 Å². The summed E-state index contributed by atoms with van der Waals surface area (Å²) in [5.41, 5.74) is 6.19. The molecule has 0 saturated heterocycles. The lowest BCUT2D eigenvalue weighted by Crippen LogP contribution is -2.24. The molecule has 0 aliphatic carbocycles. The summed E-state index contributed by atoms with van der Waals surface area (Å²) in [4.78, 5) is 11.9.